The quantitative estimate of drug-likeness (QED) is 0.399. The van der Waals surface area contributed by atoms with Crippen molar-refractivity contribution in [1.29, 1.82) is 0 Å². The zero-order valence-corrected chi connectivity index (χ0v) is 16.5. The molecule has 5 nitrogen and oxygen atoms in total. The van der Waals surface area contributed by atoms with Crippen molar-refractivity contribution in [3.05, 3.63) is 101 Å². The van der Waals surface area contributed by atoms with Gasteiger partial charge in [0.15, 0.2) is 0 Å². The third-order valence-corrected chi connectivity index (χ3v) is 4.82. The summed E-state index contributed by atoms with van der Waals surface area (Å²) < 4.78 is 0. The Bertz CT molecular complexity index is 1270. The monoisotopic (exact) mass is 416 g/mol. The lowest BCUT2D eigenvalue weighted by molar-refractivity contribution is 0.101. The summed E-state index contributed by atoms with van der Waals surface area (Å²) in [4.78, 5) is 25.2. The van der Waals surface area contributed by atoms with Gasteiger partial charge in [0.1, 0.15) is 5.75 Å². The molecule has 0 aromatic heterocycles. The third kappa shape index (κ3) is 4.26. The summed E-state index contributed by atoms with van der Waals surface area (Å²) in [6.07, 6.45) is 0. The Balaban J connectivity index is 1.54. The van der Waals surface area contributed by atoms with Crippen molar-refractivity contribution < 1.29 is 14.7 Å². The molecule has 0 aliphatic rings. The average Bonchev–Trinajstić information content (AvgIpc) is 2.74. The zero-order valence-electron chi connectivity index (χ0n) is 15.7. The Morgan fingerprint density at radius 3 is 2.23 bits per heavy atom. The second kappa shape index (κ2) is 8.27. The molecule has 0 spiro atoms. The van der Waals surface area contributed by atoms with Gasteiger partial charge in [-0.1, -0.05) is 35.9 Å². The Morgan fingerprint density at radius 1 is 0.733 bits per heavy atom. The molecule has 0 saturated heterocycles. The van der Waals surface area contributed by atoms with Crippen molar-refractivity contribution in [2.45, 2.75) is 0 Å². The molecule has 4 aromatic carbocycles. The molecule has 2 amide bonds. The number of hydrogen-bond acceptors (Lipinski definition) is 3. The molecule has 4 aromatic rings. The molecule has 6 heteroatoms. The topological polar surface area (TPSA) is 78.4 Å². The summed E-state index contributed by atoms with van der Waals surface area (Å²) in [7, 11) is 0. The normalized spacial score (nSPS) is 10.6. The molecule has 0 unspecified atom stereocenters. The van der Waals surface area contributed by atoms with E-state index in [2.05, 4.69) is 10.6 Å². The maximum atomic E-state index is 12.8. The lowest BCUT2D eigenvalue weighted by atomic mass is 10.1. The highest BCUT2D eigenvalue weighted by Gasteiger charge is 2.11. The SMILES string of the molecule is O=C(Nc1cccc(C(=O)Nc2cccc3cc(O)ccc23)c1)c1cccc(Cl)c1. The lowest BCUT2D eigenvalue weighted by Crippen LogP contribution is -2.14. The van der Waals surface area contributed by atoms with Gasteiger partial charge in [0.05, 0.1) is 0 Å². The van der Waals surface area contributed by atoms with Crippen molar-refractivity contribution in [3.8, 4) is 5.75 Å². The predicted molar refractivity (Wildman–Crippen MR) is 119 cm³/mol. The van der Waals surface area contributed by atoms with Gasteiger partial charge in [0, 0.05) is 32.9 Å². The van der Waals surface area contributed by atoms with Gasteiger partial charge in [-0.05, 0) is 66.0 Å². The van der Waals surface area contributed by atoms with E-state index in [0.717, 1.165) is 10.8 Å². The van der Waals surface area contributed by atoms with Crippen LogP contribution < -0.4 is 10.6 Å². The summed E-state index contributed by atoms with van der Waals surface area (Å²) in [5.41, 5.74) is 1.95. The fraction of sp³-hybridized carbons (Fsp3) is 0. The van der Waals surface area contributed by atoms with E-state index >= 15 is 0 Å². The number of nitrogens with one attached hydrogen (secondary N) is 2. The van der Waals surface area contributed by atoms with Crippen LogP contribution in [0.2, 0.25) is 5.02 Å². The Labute approximate surface area is 177 Å². The fourth-order valence-electron chi connectivity index (χ4n) is 3.15. The van der Waals surface area contributed by atoms with Crippen LogP contribution in [0.25, 0.3) is 10.8 Å². The number of phenols is 1. The molecular weight excluding hydrogens is 400 g/mol. The summed E-state index contributed by atoms with van der Waals surface area (Å²) >= 11 is 5.94. The van der Waals surface area contributed by atoms with Crippen LogP contribution >= 0.6 is 11.6 Å². The van der Waals surface area contributed by atoms with Gasteiger partial charge in [0.2, 0.25) is 0 Å². The number of phenolic OH excluding ortho intramolecular Hbond substituents is 1. The largest absolute Gasteiger partial charge is 0.508 e. The molecular formula is C24H17ClN2O3. The van der Waals surface area contributed by atoms with Crippen molar-refractivity contribution >= 4 is 45.6 Å². The molecule has 30 heavy (non-hydrogen) atoms. The number of carbonyl (C=O) groups is 2. The molecule has 0 heterocycles. The van der Waals surface area contributed by atoms with Gasteiger partial charge < -0.3 is 15.7 Å². The van der Waals surface area contributed by atoms with Crippen LogP contribution in [0.1, 0.15) is 20.7 Å². The first-order valence-electron chi connectivity index (χ1n) is 9.20. The lowest BCUT2D eigenvalue weighted by Gasteiger charge is -2.11. The summed E-state index contributed by atoms with van der Waals surface area (Å²) in [6, 6.07) is 23.7. The average molecular weight is 417 g/mol. The highest BCUT2D eigenvalue weighted by molar-refractivity contribution is 6.31. The minimum atomic E-state index is -0.316. The van der Waals surface area contributed by atoms with Gasteiger partial charge >= 0.3 is 0 Å². The van der Waals surface area contributed by atoms with Crippen molar-refractivity contribution in [3.63, 3.8) is 0 Å². The molecule has 0 radical (unpaired) electrons. The highest BCUT2D eigenvalue weighted by atomic mass is 35.5. The molecule has 3 N–H and O–H groups in total. The van der Waals surface area contributed by atoms with Crippen LogP contribution in [0.4, 0.5) is 11.4 Å². The van der Waals surface area contributed by atoms with Crippen molar-refractivity contribution in [1.82, 2.24) is 0 Å². The van der Waals surface area contributed by atoms with Crippen LogP contribution in [0.5, 0.6) is 5.75 Å². The van der Waals surface area contributed by atoms with Crippen LogP contribution in [-0.4, -0.2) is 16.9 Å². The molecule has 0 saturated carbocycles. The van der Waals surface area contributed by atoms with E-state index < -0.39 is 0 Å². The van der Waals surface area contributed by atoms with E-state index in [1.54, 1.807) is 78.9 Å². The maximum Gasteiger partial charge on any atom is 0.255 e. The summed E-state index contributed by atoms with van der Waals surface area (Å²) in [6.45, 7) is 0. The van der Waals surface area contributed by atoms with Crippen LogP contribution in [-0.2, 0) is 0 Å². The van der Waals surface area contributed by atoms with Gasteiger partial charge in [-0.2, -0.15) is 0 Å². The second-order valence-electron chi connectivity index (χ2n) is 6.71. The summed E-state index contributed by atoms with van der Waals surface area (Å²) in [5.74, 6) is -0.465. The van der Waals surface area contributed by atoms with E-state index in [4.69, 9.17) is 11.6 Å². The minimum Gasteiger partial charge on any atom is -0.508 e. The number of hydrogen-bond donors (Lipinski definition) is 3. The smallest absolute Gasteiger partial charge is 0.255 e. The summed E-state index contributed by atoms with van der Waals surface area (Å²) in [5, 5.41) is 17.4. The predicted octanol–water partition coefficient (Wildman–Crippen LogP) is 5.70. The number of fused-ring (bicyclic) bond motifs is 1. The molecule has 4 rings (SSSR count). The molecule has 0 aliphatic carbocycles. The van der Waals surface area contributed by atoms with Crippen LogP contribution in [0.15, 0.2) is 84.9 Å². The number of carbonyl (C=O) groups excluding carboxylic acids is 2. The van der Waals surface area contributed by atoms with Crippen LogP contribution in [0.3, 0.4) is 0 Å². The van der Waals surface area contributed by atoms with E-state index in [9.17, 15) is 14.7 Å². The molecule has 0 atom stereocenters. The Hall–Kier alpha value is -3.83. The number of benzene rings is 4. The van der Waals surface area contributed by atoms with E-state index in [1.807, 2.05) is 6.07 Å². The van der Waals surface area contributed by atoms with E-state index in [0.29, 0.717) is 27.5 Å². The van der Waals surface area contributed by atoms with Gasteiger partial charge in [-0.3, -0.25) is 9.59 Å². The minimum absolute atomic E-state index is 0.161. The Morgan fingerprint density at radius 2 is 1.43 bits per heavy atom. The first-order chi connectivity index (χ1) is 14.5. The van der Waals surface area contributed by atoms with E-state index in [1.165, 1.54) is 0 Å². The van der Waals surface area contributed by atoms with Crippen LogP contribution in [0, 0.1) is 0 Å². The van der Waals surface area contributed by atoms with Crippen molar-refractivity contribution in [2.24, 2.45) is 0 Å². The number of anilines is 2. The zero-order chi connectivity index (χ0) is 21.1. The fourth-order valence-corrected chi connectivity index (χ4v) is 3.34. The molecule has 0 fully saturated rings. The van der Waals surface area contributed by atoms with Gasteiger partial charge in [-0.25, -0.2) is 0 Å². The highest BCUT2D eigenvalue weighted by Crippen LogP contribution is 2.27. The number of aromatic hydroxyl groups is 1. The second-order valence-corrected chi connectivity index (χ2v) is 7.15. The van der Waals surface area contributed by atoms with E-state index in [-0.39, 0.29) is 17.6 Å². The van der Waals surface area contributed by atoms with Gasteiger partial charge in [0.25, 0.3) is 11.8 Å². The molecule has 0 bridgehead atoms. The third-order valence-electron chi connectivity index (χ3n) is 4.58. The van der Waals surface area contributed by atoms with Crippen molar-refractivity contribution in [2.75, 3.05) is 10.6 Å². The number of halogens is 1. The first kappa shape index (κ1) is 19.5. The molecule has 148 valence electrons. The van der Waals surface area contributed by atoms with Gasteiger partial charge in [-0.15, -0.1) is 0 Å². The number of rotatable bonds is 4. The maximum absolute atomic E-state index is 12.8. The molecule has 0 aliphatic heterocycles. The Kier molecular flexibility index (Phi) is 5.37. The standard InChI is InChI=1S/C24H17ClN2O3/c25-18-7-1-5-16(12-18)23(29)26-19-8-2-6-17(13-19)24(30)27-22-9-3-4-15-14-20(28)10-11-21(15)22/h1-14,28H,(H,26,29)(H,27,30). The first-order valence-corrected chi connectivity index (χ1v) is 9.57. The number of amides is 2.